The van der Waals surface area contributed by atoms with Crippen LogP contribution < -0.4 is 65.1 Å². The van der Waals surface area contributed by atoms with Gasteiger partial charge in [0.25, 0.3) is 5.91 Å². The van der Waals surface area contributed by atoms with E-state index in [4.69, 9.17) is 33.5 Å². The predicted molar refractivity (Wildman–Crippen MR) is 335 cm³/mol. The number of carbonyl (C=O) groups excluding carboxylic acids is 11. The molecule has 1 aliphatic rings. The van der Waals surface area contributed by atoms with E-state index in [-0.39, 0.29) is 58.2 Å². The summed E-state index contributed by atoms with van der Waals surface area (Å²) in [6.45, 7) is 4.91. The summed E-state index contributed by atoms with van der Waals surface area (Å²) in [5.41, 5.74) is 16.8. The number of halogens is 1. The van der Waals surface area contributed by atoms with E-state index in [1.165, 1.54) is 6.92 Å². The van der Waals surface area contributed by atoms with E-state index >= 15 is 0 Å². The number of aliphatic hydroxyl groups is 4. The molecule has 520 valence electrons. The van der Waals surface area contributed by atoms with Crippen LogP contribution >= 0.6 is 11.6 Å². The second-order valence-electron chi connectivity index (χ2n) is 22.9. The Morgan fingerprint density at radius 3 is 1.57 bits per heavy atom. The van der Waals surface area contributed by atoms with Gasteiger partial charge < -0.3 is 95.3 Å². The number of ketones is 1. The Kier molecular flexibility index (Phi) is 43.1. The monoisotopic (exact) mass is 1320 g/mol. The fourth-order valence-corrected chi connectivity index (χ4v) is 9.84. The molecule has 1 unspecified atom stereocenters. The highest BCUT2D eigenvalue weighted by Crippen LogP contribution is 2.15. The number of aliphatic carboxylic acids is 1. The predicted octanol–water partition coefficient (Wildman–Crippen LogP) is -1.53. The molecule has 0 aromatic carbocycles. The van der Waals surface area contributed by atoms with Crippen molar-refractivity contribution in [1.82, 2.24) is 47.9 Å². The van der Waals surface area contributed by atoms with Gasteiger partial charge in [0.1, 0.15) is 60.4 Å². The van der Waals surface area contributed by atoms with Gasteiger partial charge in [0.15, 0.2) is 12.1 Å². The maximum Gasteiger partial charge on any atom is 0.335 e. The van der Waals surface area contributed by atoms with Crippen LogP contribution in [-0.2, 0) is 62.3 Å². The highest BCUT2D eigenvalue weighted by atomic mass is 35.5. The van der Waals surface area contributed by atoms with E-state index in [0.29, 0.717) is 25.7 Å². The van der Waals surface area contributed by atoms with Crippen LogP contribution in [-0.4, -0.2) is 201 Å². The summed E-state index contributed by atoms with van der Waals surface area (Å²) in [6.07, 6.45) is 6.64. The Balaban J connectivity index is 4.11. The van der Waals surface area contributed by atoms with Crippen LogP contribution in [0.25, 0.3) is 0 Å². The number of hydrogen-bond acceptors (Lipinski definition) is 20. The maximum absolute atomic E-state index is 14.5. The Labute approximate surface area is 538 Å². The van der Waals surface area contributed by atoms with Crippen molar-refractivity contribution < 1.29 is 87.8 Å². The normalized spacial score (nSPS) is 23.4. The highest BCUT2D eigenvalue weighted by Gasteiger charge is 2.41. The minimum Gasteiger partial charge on any atom is -0.479 e. The molecule has 0 aromatic heterocycles. The Morgan fingerprint density at radius 2 is 1.07 bits per heavy atom. The molecule has 12 atom stereocenters. The van der Waals surface area contributed by atoms with E-state index in [1.54, 1.807) is 0 Å². The van der Waals surface area contributed by atoms with Gasteiger partial charge >= 0.3 is 11.9 Å². The third-order valence-corrected chi connectivity index (χ3v) is 15.4. The lowest BCUT2D eigenvalue weighted by molar-refractivity contribution is -0.155. The number of allylic oxidation sites excluding steroid dienone is 1. The number of rotatable bonds is 36. The molecule has 1 fully saturated rings. The average molecular weight is 1320 g/mol. The summed E-state index contributed by atoms with van der Waals surface area (Å²) in [5.74, 6) is -15.9. The zero-order chi connectivity index (χ0) is 68.4. The van der Waals surface area contributed by atoms with Crippen LogP contribution in [0.3, 0.4) is 0 Å². The number of nitrogens with one attached hydrogen (secondary N) is 9. The molecule has 0 aliphatic carbocycles. The van der Waals surface area contributed by atoms with Gasteiger partial charge in [0.2, 0.25) is 47.3 Å². The molecule has 0 radical (unpaired) electrons. The lowest BCUT2D eigenvalue weighted by atomic mass is 10.0. The van der Waals surface area contributed by atoms with Gasteiger partial charge in [-0.05, 0) is 78.4 Å². The van der Waals surface area contributed by atoms with E-state index in [2.05, 4.69) is 51.1 Å². The number of amides is 9. The summed E-state index contributed by atoms with van der Waals surface area (Å²) in [6, 6.07) is -15.3. The molecule has 1 saturated heterocycles. The van der Waals surface area contributed by atoms with Gasteiger partial charge in [-0.1, -0.05) is 116 Å². The summed E-state index contributed by atoms with van der Waals surface area (Å²) < 4.78 is 5.37. The highest BCUT2D eigenvalue weighted by molar-refractivity contribution is 6.18. The standard InChI is InChI=1S/C60H105ClN12O18/c1-5-8-10-12-14-15-17-19-21-25-38(76)33-46(78)65-44-35-91-60(90)48(45(77)34-61)72-58(87)49(50(79)59(88)89)73-51(80)39(7-3)66-57(86)47(36(4)74)71-54(83)42(28-31-64)68-52(81)40(26-22-23-29-62)67-55(84)43(70-53(82)41(27-30-63)69-56(44)85)32-37(75)24-20-18-16-13-11-9-6-2/h7,36,38,40-45,47-50,74,76-77,79H,5-6,8-35,62-64H2,1-4H3,(H,65,78)(H,66,86)(H,67,84)(H,68,81)(H,69,85)(H,70,82)(H,71,83)(H,72,87)(H,73,80)(H,88,89)/b39-7+/t36-,38-,40-,41+,42-,43-,44-,45+,47-,48-,49-,50?/m0/s1. The minimum atomic E-state index is -2.82. The van der Waals surface area contributed by atoms with Gasteiger partial charge in [0.05, 0.1) is 30.6 Å². The topological polar surface area (TPSA) is 502 Å². The van der Waals surface area contributed by atoms with Gasteiger partial charge in [-0.2, -0.15) is 0 Å². The number of nitrogens with two attached hydrogens (primary N) is 3. The molecule has 9 amide bonds. The number of unbranched alkanes of at least 4 members (excludes halogenated alkanes) is 15. The second kappa shape index (κ2) is 47.5. The Morgan fingerprint density at radius 1 is 0.582 bits per heavy atom. The number of ether oxygens (including phenoxy) is 1. The van der Waals surface area contributed by atoms with Crippen molar-refractivity contribution in [3.63, 3.8) is 0 Å². The third-order valence-electron chi connectivity index (χ3n) is 15.1. The summed E-state index contributed by atoms with van der Waals surface area (Å²) in [7, 11) is 0. The van der Waals surface area contributed by atoms with Crippen LogP contribution in [0.15, 0.2) is 11.8 Å². The second-order valence-corrected chi connectivity index (χ2v) is 23.2. The van der Waals surface area contributed by atoms with Crippen molar-refractivity contribution in [2.75, 3.05) is 32.1 Å². The quantitative estimate of drug-likeness (QED) is 0.0146. The number of carbonyl (C=O) groups is 12. The van der Waals surface area contributed by atoms with Crippen LogP contribution in [0.4, 0.5) is 0 Å². The number of alkyl halides is 1. The molecular formula is C60H105ClN12O18. The smallest absolute Gasteiger partial charge is 0.335 e. The molecule has 0 aromatic rings. The van der Waals surface area contributed by atoms with Crippen LogP contribution in [0.1, 0.15) is 188 Å². The van der Waals surface area contributed by atoms with Crippen molar-refractivity contribution in [3.05, 3.63) is 11.8 Å². The van der Waals surface area contributed by atoms with E-state index in [1.807, 2.05) is 10.6 Å². The number of Topliss-reactive ketones (excluding diaryl/α,β-unsaturated/α-hetero) is 1. The zero-order valence-corrected chi connectivity index (χ0v) is 54.1. The molecule has 31 heteroatoms. The molecule has 0 bridgehead atoms. The summed E-state index contributed by atoms with van der Waals surface area (Å²) in [5, 5.41) is 73.7. The largest absolute Gasteiger partial charge is 0.479 e. The summed E-state index contributed by atoms with van der Waals surface area (Å²) in [4.78, 5) is 167. The lowest BCUT2D eigenvalue weighted by Gasteiger charge is -2.29. The Hall–Kier alpha value is -6.41. The third kappa shape index (κ3) is 33.1. The van der Waals surface area contributed by atoms with Crippen LogP contribution in [0.5, 0.6) is 0 Å². The van der Waals surface area contributed by atoms with Gasteiger partial charge in [-0.25, -0.2) is 9.59 Å². The van der Waals surface area contributed by atoms with Crippen molar-refractivity contribution in [2.24, 2.45) is 17.2 Å². The molecule has 1 rings (SSSR count). The number of esters is 1. The first-order valence-corrected chi connectivity index (χ1v) is 32.6. The van der Waals surface area contributed by atoms with Crippen molar-refractivity contribution >= 4 is 82.5 Å². The molecule has 1 heterocycles. The minimum absolute atomic E-state index is 0.00722. The number of cyclic esters (lactones) is 1. The zero-order valence-electron chi connectivity index (χ0n) is 53.4. The van der Waals surface area contributed by atoms with E-state index < -0.39 is 175 Å². The number of carboxylic acid groups (broad SMARTS) is 1. The molecular weight excluding hydrogens is 1210 g/mol. The van der Waals surface area contributed by atoms with E-state index in [0.717, 1.165) is 96.5 Å². The molecule has 1 aliphatic heterocycles. The van der Waals surface area contributed by atoms with Gasteiger partial charge in [-0.3, -0.25) is 47.9 Å². The fourth-order valence-electron chi connectivity index (χ4n) is 9.66. The van der Waals surface area contributed by atoms with Gasteiger partial charge in [-0.15, -0.1) is 11.6 Å². The molecule has 30 nitrogen and oxygen atoms in total. The maximum atomic E-state index is 14.5. The number of hydrogen-bond donors (Lipinski definition) is 17. The van der Waals surface area contributed by atoms with Gasteiger partial charge in [0, 0.05) is 12.8 Å². The number of aliphatic hydroxyl groups excluding tert-OH is 4. The first-order valence-electron chi connectivity index (χ1n) is 32.0. The lowest BCUT2D eigenvalue weighted by Crippen LogP contribution is -2.62. The molecule has 0 saturated carbocycles. The molecule has 20 N–H and O–H groups in total. The van der Waals surface area contributed by atoms with Crippen LogP contribution in [0.2, 0.25) is 0 Å². The van der Waals surface area contributed by atoms with Crippen LogP contribution in [0, 0.1) is 0 Å². The van der Waals surface area contributed by atoms with Crippen molar-refractivity contribution in [2.45, 2.75) is 261 Å². The number of carboxylic acids is 1. The fraction of sp³-hybridized carbons (Fsp3) is 0.767. The molecule has 91 heavy (non-hydrogen) atoms. The SMILES string of the molecule is C/C=C1/NC(=O)[C@H]([C@H](C)O)NC(=O)[C@H](CCN)NC(=O)[C@H](CCCCN)NC(=O)[C@H](CC(=O)CCCCCCCCC)NC(=O)[C@@H](CCN)NC(=O)[C@@H](NC(=O)C[C@@H](O)CCCCCCCCCCC)COC(=O)[C@H]([C@H](O)CCl)NC(=O)[C@H](C(O)C(=O)O)NC1=O. The van der Waals surface area contributed by atoms with Crippen molar-refractivity contribution in [3.8, 4) is 0 Å². The Bertz CT molecular complexity index is 2340. The van der Waals surface area contributed by atoms with E-state index in [9.17, 15) is 83.1 Å². The molecule has 0 spiro atoms. The first-order chi connectivity index (χ1) is 43.3. The first kappa shape index (κ1) is 82.6. The van der Waals surface area contributed by atoms with Crippen molar-refractivity contribution in [1.29, 1.82) is 0 Å². The summed E-state index contributed by atoms with van der Waals surface area (Å²) >= 11 is 5.92. The average Bonchev–Trinajstić information content (AvgIpc) is 1.64.